The van der Waals surface area contributed by atoms with Gasteiger partial charge in [0.1, 0.15) is 0 Å². The molecule has 0 bridgehead atoms. The number of carbonyl (C=O) groups excluding carboxylic acids is 2. The van der Waals surface area contributed by atoms with Crippen LogP contribution in [0, 0.1) is 10.1 Å². The summed E-state index contributed by atoms with van der Waals surface area (Å²) < 4.78 is 9.51. The summed E-state index contributed by atoms with van der Waals surface area (Å²) in [5, 5.41) is 14.6. The van der Waals surface area contributed by atoms with Gasteiger partial charge >= 0.3 is 17.6 Å². The number of nitrogens with one attached hydrogen (secondary N) is 1. The van der Waals surface area contributed by atoms with E-state index in [2.05, 4.69) is 15.5 Å². The van der Waals surface area contributed by atoms with Crippen molar-refractivity contribution in [1.82, 2.24) is 4.98 Å². The van der Waals surface area contributed by atoms with Crippen LogP contribution in [0.1, 0.15) is 20.3 Å². The van der Waals surface area contributed by atoms with Gasteiger partial charge in [0.25, 0.3) is 0 Å². The number of hydrogen-bond acceptors (Lipinski definition) is 9. The van der Waals surface area contributed by atoms with Crippen molar-refractivity contribution < 1.29 is 24.0 Å². The number of hydrogen-bond donors (Lipinski definition) is 1. The molecule has 10 heteroatoms. The molecule has 1 rings (SSSR count). The quantitative estimate of drug-likeness (QED) is 0.327. The molecule has 10 nitrogen and oxygen atoms in total. The first-order valence-corrected chi connectivity index (χ1v) is 6.74. The van der Waals surface area contributed by atoms with Crippen LogP contribution in [-0.2, 0) is 19.1 Å². The van der Waals surface area contributed by atoms with E-state index >= 15 is 0 Å². The number of esters is 2. The van der Waals surface area contributed by atoms with E-state index in [0.717, 1.165) is 0 Å². The molecule has 124 valence electrons. The Balaban J connectivity index is 2.98. The number of ether oxygens (including phenoxy) is 2. The molecule has 0 spiro atoms. The van der Waals surface area contributed by atoms with Crippen molar-refractivity contribution in [2.24, 2.45) is 5.10 Å². The van der Waals surface area contributed by atoms with Crippen LogP contribution in [-0.4, -0.2) is 40.8 Å². The Morgan fingerprint density at radius 2 is 2.04 bits per heavy atom. The van der Waals surface area contributed by atoms with E-state index in [1.807, 2.05) is 0 Å². The standard InChI is InChI=1S/C13H16N4O6/c1-3-22-11(18)8-9(13(19)23-4-2)15-16-12-10(17(20)21)6-5-7-14-12/h5-7H,3-4,8H2,1-2H3,(H,14,16)/b15-9+. The highest BCUT2D eigenvalue weighted by molar-refractivity contribution is 6.39. The molecule has 1 aromatic heterocycles. The van der Waals surface area contributed by atoms with Crippen LogP contribution in [0.4, 0.5) is 11.5 Å². The number of nitrogens with zero attached hydrogens (tertiary/aromatic N) is 3. The van der Waals surface area contributed by atoms with Gasteiger partial charge in [0.15, 0.2) is 5.71 Å². The van der Waals surface area contributed by atoms with Crippen LogP contribution < -0.4 is 5.43 Å². The van der Waals surface area contributed by atoms with Gasteiger partial charge in [-0.3, -0.25) is 20.3 Å². The van der Waals surface area contributed by atoms with E-state index in [4.69, 9.17) is 9.47 Å². The van der Waals surface area contributed by atoms with Crippen molar-refractivity contribution in [2.75, 3.05) is 18.6 Å². The van der Waals surface area contributed by atoms with Gasteiger partial charge in [-0.2, -0.15) is 5.10 Å². The highest BCUT2D eigenvalue weighted by atomic mass is 16.6. The summed E-state index contributed by atoms with van der Waals surface area (Å²) in [5.74, 6) is -1.66. The average Bonchev–Trinajstić information content (AvgIpc) is 2.52. The summed E-state index contributed by atoms with van der Waals surface area (Å²) in [6, 6.07) is 2.61. The lowest BCUT2D eigenvalue weighted by Crippen LogP contribution is -2.23. The third-order valence-electron chi connectivity index (χ3n) is 2.41. The molecule has 0 aliphatic carbocycles. The van der Waals surface area contributed by atoms with Crippen molar-refractivity contribution in [3.05, 3.63) is 28.4 Å². The van der Waals surface area contributed by atoms with Gasteiger partial charge in [0, 0.05) is 12.3 Å². The Bertz CT molecular complexity index is 616. The zero-order chi connectivity index (χ0) is 17.2. The fourth-order valence-corrected chi connectivity index (χ4v) is 1.47. The molecule has 0 atom stereocenters. The van der Waals surface area contributed by atoms with E-state index in [9.17, 15) is 19.7 Å². The molecule has 0 fully saturated rings. The van der Waals surface area contributed by atoms with Crippen molar-refractivity contribution >= 4 is 29.2 Å². The predicted molar refractivity (Wildman–Crippen MR) is 79.8 cm³/mol. The lowest BCUT2D eigenvalue weighted by Gasteiger charge is -2.07. The molecule has 0 saturated carbocycles. The van der Waals surface area contributed by atoms with E-state index in [0.29, 0.717) is 0 Å². The SMILES string of the molecule is CCOC(=O)C/C(=N\Nc1ncccc1[N+](=O)[O-])C(=O)OCC. The van der Waals surface area contributed by atoms with Crippen LogP contribution in [0.3, 0.4) is 0 Å². The average molecular weight is 324 g/mol. The predicted octanol–water partition coefficient (Wildman–Crippen LogP) is 1.27. The Morgan fingerprint density at radius 1 is 1.35 bits per heavy atom. The second-order valence-electron chi connectivity index (χ2n) is 4.00. The summed E-state index contributed by atoms with van der Waals surface area (Å²) in [6.07, 6.45) is 0.889. The fraction of sp³-hybridized carbons (Fsp3) is 0.385. The third kappa shape index (κ3) is 5.69. The molecular formula is C13H16N4O6. The summed E-state index contributed by atoms with van der Waals surface area (Å²) in [4.78, 5) is 37.2. The molecule has 0 aliphatic rings. The van der Waals surface area contributed by atoms with Gasteiger partial charge in [-0.05, 0) is 19.9 Å². The Morgan fingerprint density at radius 3 is 2.65 bits per heavy atom. The summed E-state index contributed by atoms with van der Waals surface area (Å²) in [7, 11) is 0. The maximum atomic E-state index is 11.8. The topological polar surface area (TPSA) is 133 Å². The number of anilines is 1. The number of hydrazone groups is 1. The fourth-order valence-electron chi connectivity index (χ4n) is 1.47. The normalized spacial score (nSPS) is 10.8. The molecule has 1 aromatic rings. The summed E-state index contributed by atoms with van der Waals surface area (Å²) in [6.45, 7) is 3.45. The van der Waals surface area contributed by atoms with Gasteiger partial charge in [-0.1, -0.05) is 0 Å². The lowest BCUT2D eigenvalue weighted by atomic mass is 10.3. The van der Waals surface area contributed by atoms with Crippen LogP contribution in [0.25, 0.3) is 0 Å². The molecule has 23 heavy (non-hydrogen) atoms. The van der Waals surface area contributed by atoms with Crippen molar-refractivity contribution in [1.29, 1.82) is 0 Å². The molecule has 1 N–H and O–H groups in total. The van der Waals surface area contributed by atoms with E-state index in [1.54, 1.807) is 13.8 Å². The van der Waals surface area contributed by atoms with Crippen molar-refractivity contribution in [3.63, 3.8) is 0 Å². The first kappa shape index (κ1) is 18.0. The van der Waals surface area contributed by atoms with Gasteiger partial charge in [-0.25, -0.2) is 9.78 Å². The van der Waals surface area contributed by atoms with Crippen LogP contribution in [0.2, 0.25) is 0 Å². The van der Waals surface area contributed by atoms with Crippen LogP contribution in [0.15, 0.2) is 23.4 Å². The van der Waals surface area contributed by atoms with Crippen molar-refractivity contribution in [3.8, 4) is 0 Å². The number of pyridine rings is 1. The van der Waals surface area contributed by atoms with E-state index in [1.165, 1.54) is 18.3 Å². The van der Waals surface area contributed by atoms with Crippen LogP contribution in [0.5, 0.6) is 0 Å². The Hall–Kier alpha value is -3.04. The molecule has 0 unspecified atom stereocenters. The Labute approximate surface area is 131 Å². The monoisotopic (exact) mass is 324 g/mol. The lowest BCUT2D eigenvalue weighted by molar-refractivity contribution is -0.384. The minimum Gasteiger partial charge on any atom is -0.466 e. The minimum atomic E-state index is -0.827. The van der Waals surface area contributed by atoms with E-state index in [-0.39, 0.29) is 30.4 Å². The first-order chi connectivity index (χ1) is 11.0. The second kappa shape index (κ2) is 9.07. The molecule has 0 amide bonds. The molecule has 0 aromatic carbocycles. The second-order valence-corrected chi connectivity index (χ2v) is 4.00. The number of aromatic nitrogens is 1. The zero-order valence-electron chi connectivity index (χ0n) is 12.6. The highest BCUT2D eigenvalue weighted by Gasteiger charge is 2.20. The van der Waals surface area contributed by atoms with Gasteiger partial charge in [0.05, 0.1) is 24.6 Å². The van der Waals surface area contributed by atoms with Crippen LogP contribution >= 0.6 is 0 Å². The van der Waals surface area contributed by atoms with Crippen molar-refractivity contribution in [2.45, 2.75) is 20.3 Å². The Kier molecular flexibility index (Phi) is 7.11. The highest BCUT2D eigenvalue weighted by Crippen LogP contribution is 2.20. The largest absolute Gasteiger partial charge is 0.466 e. The zero-order valence-corrected chi connectivity index (χ0v) is 12.6. The molecule has 0 aliphatic heterocycles. The van der Waals surface area contributed by atoms with Gasteiger partial charge in [-0.15, -0.1) is 0 Å². The molecular weight excluding hydrogens is 308 g/mol. The van der Waals surface area contributed by atoms with E-state index < -0.39 is 23.3 Å². The van der Waals surface area contributed by atoms with Gasteiger partial charge in [0.2, 0.25) is 5.82 Å². The molecule has 0 radical (unpaired) electrons. The molecule has 1 heterocycles. The summed E-state index contributed by atoms with van der Waals surface area (Å²) >= 11 is 0. The third-order valence-corrected chi connectivity index (χ3v) is 2.41. The minimum absolute atomic E-state index is 0.0877. The summed E-state index contributed by atoms with van der Waals surface area (Å²) in [5.41, 5.74) is 1.71. The van der Waals surface area contributed by atoms with Gasteiger partial charge < -0.3 is 9.47 Å². The number of rotatable bonds is 8. The molecule has 0 saturated heterocycles. The first-order valence-electron chi connectivity index (χ1n) is 6.74. The number of nitro groups is 1. The number of carbonyl (C=O) groups is 2. The maximum Gasteiger partial charge on any atom is 0.355 e. The smallest absolute Gasteiger partial charge is 0.355 e. The maximum absolute atomic E-state index is 11.8.